The lowest BCUT2D eigenvalue weighted by molar-refractivity contribution is -0.229. The Kier molecular flexibility index (Phi) is 6.55. The molecule has 2 aliphatic rings. The Morgan fingerprint density at radius 2 is 1.82 bits per heavy atom. The Morgan fingerprint density at radius 3 is 2.63 bits per heavy atom. The zero-order valence-corrected chi connectivity index (χ0v) is 21.5. The van der Waals surface area contributed by atoms with E-state index in [9.17, 15) is 9.59 Å². The lowest BCUT2D eigenvalue weighted by atomic mass is 9.77. The summed E-state index contributed by atoms with van der Waals surface area (Å²) >= 11 is 0. The molecule has 3 heterocycles. The van der Waals surface area contributed by atoms with E-state index in [1.807, 2.05) is 42.6 Å². The Morgan fingerprint density at radius 1 is 1.00 bits per heavy atom. The molecule has 0 radical (unpaired) electrons. The summed E-state index contributed by atoms with van der Waals surface area (Å²) in [5.41, 5.74) is 2.48. The summed E-state index contributed by atoms with van der Waals surface area (Å²) in [6, 6.07) is 24.6. The number of amides is 1. The highest BCUT2D eigenvalue weighted by atomic mass is 16.7. The first kappa shape index (κ1) is 24.5. The van der Waals surface area contributed by atoms with Gasteiger partial charge in [-0.25, -0.2) is 5.06 Å². The molecule has 0 unspecified atom stereocenters. The van der Waals surface area contributed by atoms with Crippen LogP contribution in [-0.4, -0.2) is 52.6 Å². The van der Waals surface area contributed by atoms with Crippen molar-refractivity contribution >= 4 is 33.6 Å². The summed E-state index contributed by atoms with van der Waals surface area (Å²) in [7, 11) is 1.39. The van der Waals surface area contributed by atoms with Crippen molar-refractivity contribution in [3.8, 4) is 0 Å². The number of esters is 1. The molecular formula is C31H31N3O4. The number of hydrogen-bond donors (Lipinski definition) is 0. The maximum atomic E-state index is 13.2. The van der Waals surface area contributed by atoms with Gasteiger partial charge in [-0.1, -0.05) is 54.6 Å². The topological polar surface area (TPSA) is 72.0 Å². The summed E-state index contributed by atoms with van der Waals surface area (Å²) in [5, 5.41) is 4.95. The average molecular weight is 510 g/mol. The fraction of sp³-hybridized carbons (Fsp3) is 0.323. The highest BCUT2D eigenvalue weighted by Gasteiger charge is 2.58. The number of carbonyl (C=O) groups excluding carboxylic acids is 2. The number of piperidine rings is 1. The van der Waals surface area contributed by atoms with E-state index < -0.39 is 11.5 Å². The number of hydroxylamine groups is 2. The Bertz CT molecular complexity index is 1490. The zero-order valence-electron chi connectivity index (χ0n) is 21.5. The first-order valence-corrected chi connectivity index (χ1v) is 13.1. The van der Waals surface area contributed by atoms with Crippen LogP contribution in [0.15, 0.2) is 79.0 Å². The van der Waals surface area contributed by atoms with Gasteiger partial charge in [-0.3, -0.25) is 24.3 Å². The highest BCUT2D eigenvalue weighted by Crippen LogP contribution is 2.45. The molecule has 3 aromatic carbocycles. The molecule has 2 saturated heterocycles. The average Bonchev–Trinajstić information content (AvgIpc) is 3.23. The van der Waals surface area contributed by atoms with Crippen molar-refractivity contribution in [2.24, 2.45) is 5.92 Å². The minimum atomic E-state index is -0.710. The lowest BCUT2D eigenvalue weighted by Crippen LogP contribution is -2.57. The standard InChI is InChI=1S/C31H31N3O4/c1-37-30(36)27-19-29(35)34(38-21-22-11-12-23-6-2-3-7-24(23)18-22)31(27)13-16-33(17-14-31)20-25-8-4-10-28-26(25)9-5-15-32-28/h2-12,15,18,27H,13-14,16-17,19-21H2,1H3/t27-/m1/s1. The third-order valence-corrected chi connectivity index (χ3v) is 8.17. The Balaban J connectivity index is 1.21. The number of ether oxygens (including phenoxy) is 1. The van der Waals surface area contributed by atoms with E-state index in [-0.39, 0.29) is 24.9 Å². The van der Waals surface area contributed by atoms with Crippen LogP contribution < -0.4 is 0 Å². The molecule has 4 aromatic rings. The molecule has 0 N–H and O–H groups in total. The monoisotopic (exact) mass is 509 g/mol. The van der Waals surface area contributed by atoms with Gasteiger partial charge in [0.05, 0.1) is 24.1 Å². The first-order valence-electron chi connectivity index (χ1n) is 13.1. The van der Waals surface area contributed by atoms with Crippen LogP contribution in [0.4, 0.5) is 0 Å². The van der Waals surface area contributed by atoms with Gasteiger partial charge in [0, 0.05) is 37.6 Å². The summed E-state index contributed by atoms with van der Waals surface area (Å²) in [6.45, 7) is 2.54. The smallest absolute Gasteiger partial charge is 0.311 e. The molecule has 2 fully saturated rings. The predicted molar refractivity (Wildman–Crippen MR) is 145 cm³/mol. The van der Waals surface area contributed by atoms with Crippen LogP contribution in [0.1, 0.15) is 30.4 Å². The molecule has 6 rings (SSSR count). The molecule has 194 valence electrons. The van der Waals surface area contributed by atoms with Crippen LogP contribution in [0.5, 0.6) is 0 Å². The second kappa shape index (κ2) is 10.2. The van der Waals surface area contributed by atoms with E-state index in [2.05, 4.69) is 46.3 Å². The molecule has 1 aromatic heterocycles. The second-order valence-electron chi connectivity index (χ2n) is 10.3. The van der Waals surface area contributed by atoms with Gasteiger partial charge in [-0.2, -0.15) is 0 Å². The summed E-state index contributed by atoms with van der Waals surface area (Å²) in [4.78, 5) is 39.1. The first-order chi connectivity index (χ1) is 18.6. The van der Waals surface area contributed by atoms with Gasteiger partial charge in [0.15, 0.2) is 0 Å². The number of carbonyl (C=O) groups is 2. The molecule has 38 heavy (non-hydrogen) atoms. The van der Waals surface area contributed by atoms with Gasteiger partial charge in [-0.15, -0.1) is 0 Å². The van der Waals surface area contributed by atoms with Crippen LogP contribution in [0.25, 0.3) is 21.7 Å². The van der Waals surface area contributed by atoms with Crippen molar-refractivity contribution in [3.05, 3.63) is 90.1 Å². The van der Waals surface area contributed by atoms with Crippen LogP contribution in [-0.2, 0) is 32.3 Å². The third-order valence-electron chi connectivity index (χ3n) is 8.17. The van der Waals surface area contributed by atoms with Gasteiger partial charge in [-0.05, 0) is 52.9 Å². The number of hydrogen-bond acceptors (Lipinski definition) is 6. The number of fused-ring (bicyclic) bond motifs is 2. The summed E-state index contributed by atoms with van der Waals surface area (Å²) < 4.78 is 5.15. The van der Waals surface area contributed by atoms with E-state index in [1.54, 1.807) is 0 Å². The van der Waals surface area contributed by atoms with Crippen molar-refractivity contribution in [2.75, 3.05) is 20.2 Å². The minimum absolute atomic E-state index is 0.111. The van der Waals surface area contributed by atoms with Crippen molar-refractivity contribution in [1.29, 1.82) is 0 Å². The largest absolute Gasteiger partial charge is 0.469 e. The van der Waals surface area contributed by atoms with E-state index in [1.165, 1.54) is 17.7 Å². The fourth-order valence-corrected chi connectivity index (χ4v) is 6.15. The lowest BCUT2D eigenvalue weighted by Gasteiger charge is -2.45. The Hall–Kier alpha value is -3.81. The van der Waals surface area contributed by atoms with E-state index in [4.69, 9.17) is 9.57 Å². The van der Waals surface area contributed by atoms with Gasteiger partial charge < -0.3 is 4.74 Å². The van der Waals surface area contributed by atoms with E-state index in [0.29, 0.717) is 12.8 Å². The van der Waals surface area contributed by atoms with Crippen molar-refractivity contribution in [2.45, 2.75) is 38.0 Å². The molecule has 0 saturated carbocycles. The number of pyridine rings is 1. The quantitative estimate of drug-likeness (QED) is 0.345. The minimum Gasteiger partial charge on any atom is -0.469 e. The number of aromatic nitrogens is 1. The number of likely N-dealkylation sites (tertiary alicyclic amines) is 1. The fourth-order valence-electron chi connectivity index (χ4n) is 6.15. The number of methoxy groups -OCH3 is 1. The van der Waals surface area contributed by atoms with E-state index >= 15 is 0 Å². The SMILES string of the molecule is COC(=O)[C@H]1CC(=O)N(OCc2ccc3ccccc3c2)C12CCN(Cc1cccc3ncccc13)CC2. The molecule has 0 bridgehead atoms. The normalized spacial score (nSPS) is 19.4. The maximum Gasteiger partial charge on any atom is 0.311 e. The second-order valence-corrected chi connectivity index (χ2v) is 10.3. The Labute approximate surface area is 221 Å². The van der Waals surface area contributed by atoms with Crippen LogP contribution >= 0.6 is 0 Å². The predicted octanol–water partition coefficient (Wildman–Crippen LogP) is 4.88. The van der Waals surface area contributed by atoms with Crippen LogP contribution in [0.3, 0.4) is 0 Å². The van der Waals surface area contributed by atoms with Crippen LogP contribution in [0, 0.1) is 5.92 Å². The zero-order chi connectivity index (χ0) is 26.1. The van der Waals surface area contributed by atoms with Crippen molar-refractivity contribution in [3.63, 3.8) is 0 Å². The molecular weight excluding hydrogens is 478 g/mol. The number of benzene rings is 3. The third kappa shape index (κ3) is 4.42. The number of rotatable bonds is 6. The van der Waals surface area contributed by atoms with Crippen LogP contribution in [0.2, 0.25) is 0 Å². The maximum absolute atomic E-state index is 13.2. The van der Waals surface area contributed by atoms with Crippen molar-refractivity contribution in [1.82, 2.24) is 14.9 Å². The molecule has 2 aliphatic heterocycles. The molecule has 7 nitrogen and oxygen atoms in total. The van der Waals surface area contributed by atoms with E-state index in [0.717, 1.165) is 46.9 Å². The molecule has 1 amide bonds. The molecule has 1 spiro atoms. The number of nitrogens with zero attached hydrogens (tertiary/aromatic N) is 3. The van der Waals surface area contributed by atoms with Gasteiger partial charge in [0.25, 0.3) is 0 Å². The van der Waals surface area contributed by atoms with Gasteiger partial charge in [0.2, 0.25) is 5.91 Å². The molecule has 1 atom stereocenters. The van der Waals surface area contributed by atoms with Gasteiger partial charge in [0.1, 0.15) is 6.61 Å². The molecule has 0 aliphatic carbocycles. The molecule has 7 heteroatoms. The summed E-state index contributed by atoms with van der Waals surface area (Å²) in [6.07, 6.45) is 3.20. The summed E-state index contributed by atoms with van der Waals surface area (Å²) in [5.74, 6) is -1.04. The van der Waals surface area contributed by atoms with Crippen molar-refractivity contribution < 1.29 is 19.2 Å². The van der Waals surface area contributed by atoms with Gasteiger partial charge >= 0.3 is 5.97 Å². The highest BCUT2D eigenvalue weighted by molar-refractivity contribution is 5.88.